The first kappa shape index (κ1) is 31.4. The molecule has 7 rings (SSSR count). The molecule has 3 aromatic heterocycles. The highest BCUT2D eigenvalue weighted by Gasteiger charge is 2.41. The van der Waals surface area contributed by atoms with Crippen LogP contribution in [0.4, 0.5) is 0 Å². The van der Waals surface area contributed by atoms with Crippen molar-refractivity contribution in [1.29, 1.82) is 0 Å². The van der Waals surface area contributed by atoms with Crippen molar-refractivity contribution in [3.8, 4) is 33.7 Å². The van der Waals surface area contributed by atoms with E-state index in [0.717, 1.165) is 72.7 Å². The second-order valence-corrected chi connectivity index (χ2v) is 19.3. The number of aromatic nitrogens is 4. The molecule has 5 heterocycles. The summed E-state index contributed by atoms with van der Waals surface area (Å²) in [5.41, 5.74) is 18.3. The van der Waals surface area contributed by atoms with Crippen LogP contribution in [0.25, 0.3) is 68.6 Å². The highest BCUT2D eigenvalue weighted by molar-refractivity contribution is 6.90. The Balaban J connectivity index is 1.63. The highest BCUT2D eigenvalue weighted by atomic mass is 28.3. The van der Waals surface area contributed by atoms with Crippen LogP contribution >= 0.6 is 0 Å². The third-order valence-electron chi connectivity index (χ3n) is 9.97. The predicted octanol–water partition coefficient (Wildman–Crippen LogP) is 11.6. The maximum atomic E-state index is 5.33. The molecule has 0 aliphatic carbocycles. The Bertz CT molecular complexity index is 2120. The van der Waals surface area contributed by atoms with Crippen LogP contribution in [0.15, 0.2) is 91.0 Å². The van der Waals surface area contributed by atoms with Gasteiger partial charge in [-0.1, -0.05) is 108 Å². The van der Waals surface area contributed by atoms with E-state index in [2.05, 4.69) is 178 Å². The van der Waals surface area contributed by atoms with Crippen LogP contribution in [0.2, 0.25) is 16.6 Å². The van der Waals surface area contributed by atoms with E-state index in [1.165, 1.54) is 0 Å². The van der Waals surface area contributed by atoms with Gasteiger partial charge in [-0.2, -0.15) is 0 Å². The standard InChI is InChI=1S/C43H42N4Si/c1-28(2)48(29(3)4,30(5)6)26-25-35-36-21-23-40(46-36)42(31-13-9-7-10-14-31)38-19-17-33(44-38)27-34-18-20-39(45-34)43(32-15-11-8-12-16-32)41-24-22-37(35)47-41/h7-24,27-30,44-45H,1-6H3. The zero-order chi connectivity index (χ0) is 33.4. The van der Waals surface area contributed by atoms with Crippen molar-refractivity contribution in [1.82, 2.24) is 19.9 Å². The van der Waals surface area contributed by atoms with Crippen LogP contribution in [0.3, 0.4) is 0 Å². The third-order valence-corrected chi connectivity index (χ3v) is 16.3. The van der Waals surface area contributed by atoms with E-state index in [1.54, 1.807) is 0 Å². The number of hydrogen-bond donors (Lipinski definition) is 2. The molecule has 4 nitrogen and oxygen atoms in total. The second kappa shape index (κ2) is 12.8. The minimum atomic E-state index is -2.04. The van der Waals surface area contributed by atoms with Crippen molar-refractivity contribution >= 4 is 54.4 Å². The summed E-state index contributed by atoms with van der Waals surface area (Å²) in [6.07, 6.45) is 8.49. The lowest BCUT2D eigenvalue weighted by molar-refractivity contribution is 0.838. The van der Waals surface area contributed by atoms with Gasteiger partial charge < -0.3 is 9.97 Å². The van der Waals surface area contributed by atoms with Gasteiger partial charge in [0.15, 0.2) is 0 Å². The molecule has 0 saturated heterocycles. The van der Waals surface area contributed by atoms with E-state index in [-0.39, 0.29) is 0 Å². The number of nitrogens with zero attached hydrogens (tertiary/aromatic N) is 2. The zero-order valence-electron chi connectivity index (χ0n) is 28.6. The molecule has 0 fully saturated rings. The highest BCUT2D eigenvalue weighted by Crippen LogP contribution is 2.41. The molecule has 2 aromatic carbocycles. The van der Waals surface area contributed by atoms with E-state index < -0.39 is 8.07 Å². The molecule has 2 aliphatic heterocycles. The molecule has 0 radical (unpaired) electrons. The van der Waals surface area contributed by atoms with Crippen molar-refractivity contribution in [3.05, 3.63) is 119 Å². The fourth-order valence-corrected chi connectivity index (χ4v) is 12.9. The summed E-state index contributed by atoms with van der Waals surface area (Å²) >= 11 is 0. The number of aromatic amines is 2. The van der Waals surface area contributed by atoms with Gasteiger partial charge in [0, 0.05) is 33.2 Å². The number of rotatable bonds is 5. The quantitative estimate of drug-likeness (QED) is 0.145. The maximum absolute atomic E-state index is 5.33. The van der Waals surface area contributed by atoms with Gasteiger partial charge in [0.05, 0.1) is 28.3 Å². The number of fused-ring (bicyclic) bond motifs is 8. The van der Waals surface area contributed by atoms with E-state index >= 15 is 0 Å². The Kier molecular flexibility index (Phi) is 8.37. The normalized spacial score (nSPS) is 12.6. The summed E-state index contributed by atoms with van der Waals surface area (Å²) in [5, 5.41) is 0. The summed E-state index contributed by atoms with van der Waals surface area (Å²) in [6.45, 7) is 14.2. The SMILES string of the molecule is CC(C)[Si](C#Cc1c2nc(c(-c3ccccc3)c3ccc(cc4ccc([nH]4)c(-c4ccccc4)c4nc1C=C4)[nH]3)C=C2)(C(C)C)C(C)C. The van der Waals surface area contributed by atoms with E-state index in [9.17, 15) is 0 Å². The Labute approximate surface area is 284 Å². The lowest BCUT2D eigenvalue weighted by Crippen LogP contribution is -2.43. The Morgan fingerprint density at radius 3 is 1.35 bits per heavy atom. The van der Waals surface area contributed by atoms with Gasteiger partial charge in [-0.15, -0.1) is 5.54 Å². The molecule has 0 saturated carbocycles. The van der Waals surface area contributed by atoms with Crippen molar-refractivity contribution in [3.63, 3.8) is 0 Å². The molecule has 0 atom stereocenters. The van der Waals surface area contributed by atoms with Crippen LogP contribution in [0, 0.1) is 11.5 Å². The molecule has 5 heteroatoms. The van der Waals surface area contributed by atoms with Gasteiger partial charge in [-0.25, -0.2) is 9.97 Å². The van der Waals surface area contributed by atoms with E-state index in [0.29, 0.717) is 16.6 Å². The maximum Gasteiger partial charge on any atom is 0.146 e. The molecule has 2 aliphatic rings. The first-order valence-corrected chi connectivity index (χ1v) is 19.2. The summed E-state index contributed by atoms with van der Waals surface area (Å²) in [7, 11) is -2.04. The molecule has 0 unspecified atom stereocenters. The molecular weight excluding hydrogens is 601 g/mol. The van der Waals surface area contributed by atoms with Gasteiger partial charge in [-0.05, 0) is 82.4 Å². The Morgan fingerprint density at radius 1 is 0.521 bits per heavy atom. The minimum absolute atomic E-state index is 0.514. The Hall–Kier alpha value is -5.18. The van der Waals surface area contributed by atoms with Crippen LogP contribution in [0.1, 0.15) is 69.9 Å². The van der Waals surface area contributed by atoms with Crippen molar-refractivity contribution in [2.24, 2.45) is 0 Å². The third kappa shape index (κ3) is 5.67. The molecule has 48 heavy (non-hydrogen) atoms. The van der Waals surface area contributed by atoms with Crippen molar-refractivity contribution < 1.29 is 0 Å². The van der Waals surface area contributed by atoms with Gasteiger partial charge in [-0.3, -0.25) is 0 Å². The average molecular weight is 643 g/mol. The van der Waals surface area contributed by atoms with Crippen LogP contribution in [-0.4, -0.2) is 28.0 Å². The molecule has 0 spiro atoms. The van der Waals surface area contributed by atoms with Gasteiger partial charge >= 0.3 is 0 Å². The van der Waals surface area contributed by atoms with Crippen LogP contribution in [0.5, 0.6) is 0 Å². The molecule has 2 N–H and O–H groups in total. The summed E-state index contributed by atoms with van der Waals surface area (Å²) in [4.78, 5) is 18.0. The summed E-state index contributed by atoms with van der Waals surface area (Å²) in [5.74, 6) is 3.77. The largest absolute Gasteiger partial charge is 0.355 e. The fourth-order valence-electron chi connectivity index (χ4n) is 7.69. The van der Waals surface area contributed by atoms with Gasteiger partial charge in [0.25, 0.3) is 0 Å². The van der Waals surface area contributed by atoms with Gasteiger partial charge in [0.2, 0.25) is 0 Å². The minimum Gasteiger partial charge on any atom is -0.355 e. The molecule has 5 aromatic rings. The van der Waals surface area contributed by atoms with Gasteiger partial charge in [0.1, 0.15) is 8.07 Å². The van der Waals surface area contributed by atoms with E-state index in [4.69, 9.17) is 9.97 Å². The smallest absolute Gasteiger partial charge is 0.146 e. The zero-order valence-corrected chi connectivity index (χ0v) is 29.6. The first-order valence-electron chi connectivity index (χ1n) is 17.0. The molecular formula is C43H42N4Si. The molecule has 238 valence electrons. The average Bonchev–Trinajstić information content (AvgIpc) is 3.90. The van der Waals surface area contributed by atoms with Crippen molar-refractivity contribution in [2.75, 3.05) is 0 Å². The topological polar surface area (TPSA) is 57.4 Å². The number of nitrogens with one attached hydrogen (secondary N) is 2. The fraction of sp³-hybridized carbons (Fsp3) is 0.209. The lowest BCUT2D eigenvalue weighted by Gasteiger charge is -2.38. The molecule has 0 amide bonds. The van der Waals surface area contributed by atoms with Crippen LogP contribution < -0.4 is 0 Å². The number of benzene rings is 2. The van der Waals surface area contributed by atoms with E-state index in [1.807, 2.05) is 0 Å². The molecule has 8 bridgehead atoms. The Morgan fingerprint density at radius 2 is 0.938 bits per heavy atom. The lowest BCUT2D eigenvalue weighted by atomic mass is 10.0. The number of H-pyrrole nitrogens is 2. The predicted molar refractivity (Wildman–Crippen MR) is 208 cm³/mol. The number of hydrogen-bond acceptors (Lipinski definition) is 2. The summed E-state index contributed by atoms with van der Waals surface area (Å²) < 4.78 is 0. The van der Waals surface area contributed by atoms with Crippen LogP contribution in [-0.2, 0) is 0 Å². The monoisotopic (exact) mass is 642 g/mol. The first-order chi connectivity index (χ1) is 23.2. The summed E-state index contributed by atoms with van der Waals surface area (Å²) in [6, 6.07) is 31.7. The van der Waals surface area contributed by atoms with Crippen molar-refractivity contribution in [2.45, 2.75) is 58.2 Å². The second-order valence-electron chi connectivity index (χ2n) is 13.7.